The van der Waals surface area contributed by atoms with E-state index in [2.05, 4.69) is 5.10 Å². The summed E-state index contributed by atoms with van der Waals surface area (Å²) in [5.41, 5.74) is 3.45. The topological polar surface area (TPSA) is 83.1 Å². The summed E-state index contributed by atoms with van der Waals surface area (Å²) in [4.78, 5) is 23.9. The zero-order chi connectivity index (χ0) is 21.4. The molecule has 150 valence electrons. The van der Waals surface area contributed by atoms with Crippen molar-refractivity contribution in [2.75, 3.05) is 5.01 Å². The van der Waals surface area contributed by atoms with Crippen LogP contribution in [0.3, 0.4) is 0 Å². The minimum absolute atomic E-state index is 0.201. The molecule has 4 rings (SSSR count). The van der Waals surface area contributed by atoms with E-state index in [4.69, 9.17) is 21.1 Å². The van der Waals surface area contributed by atoms with E-state index in [0.717, 1.165) is 11.1 Å². The van der Waals surface area contributed by atoms with Crippen molar-refractivity contribution in [3.8, 4) is 11.3 Å². The minimum Gasteiger partial charge on any atom is -0.478 e. The molecule has 2 aromatic carbocycles. The predicted molar refractivity (Wildman–Crippen MR) is 116 cm³/mol. The number of amides is 1. The van der Waals surface area contributed by atoms with Crippen molar-refractivity contribution in [3.05, 3.63) is 82.1 Å². The third-order valence-corrected chi connectivity index (χ3v) is 5.20. The first-order valence-corrected chi connectivity index (χ1v) is 9.53. The van der Waals surface area contributed by atoms with E-state index >= 15 is 0 Å². The summed E-state index contributed by atoms with van der Waals surface area (Å²) >= 11 is 6.18. The zero-order valence-electron chi connectivity index (χ0n) is 16.2. The Balaban J connectivity index is 1.59. The molecule has 6 nitrogen and oxygen atoms in total. The number of nitrogens with zero attached hydrogens (tertiary/aromatic N) is 2. The average Bonchev–Trinajstić information content (AvgIpc) is 3.30. The third kappa shape index (κ3) is 3.65. The van der Waals surface area contributed by atoms with Gasteiger partial charge in [-0.3, -0.25) is 4.79 Å². The monoisotopic (exact) mass is 420 g/mol. The van der Waals surface area contributed by atoms with Gasteiger partial charge in [-0.2, -0.15) is 10.1 Å². The minimum atomic E-state index is -0.986. The number of anilines is 1. The van der Waals surface area contributed by atoms with Crippen molar-refractivity contribution in [1.82, 2.24) is 0 Å². The highest BCUT2D eigenvalue weighted by Gasteiger charge is 2.29. The lowest BCUT2D eigenvalue weighted by Gasteiger charge is -2.12. The van der Waals surface area contributed by atoms with Crippen molar-refractivity contribution < 1.29 is 19.1 Å². The molecule has 1 aliphatic rings. The van der Waals surface area contributed by atoms with E-state index in [1.54, 1.807) is 49.4 Å². The molecule has 0 unspecified atom stereocenters. The van der Waals surface area contributed by atoms with Gasteiger partial charge in [0.15, 0.2) is 0 Å². The fourth-order valence-electron chi connectivity index (χ4n) is 3.08. The number of carbonyl (C=O) groups is 2. The van der Waals surface area contributed by atoms with Gasteiger partial charge >= 0.3 is 5.97 Å². The maximum Gasteiger partial charge on any atom is 0.335 e. The average molecular weight is 421 g/mol. The summed E-state index contributed by atoms with van der Waals surface area (Å²) in [6.07, 6.45) is 1.64. The SMILES string of the molecule is CC1=NN(c2ccc(C)c(Cl)c2)C(=O)C1=Cc1ccc(-c2ccc(C(=O)O)cc2)o1. The molecule has 2 heterocycles. The smallest absolute Gasteiger partial charge is 0.335 e. The van der Waals surface area contributed by atoms with Gasteiger partial charge in [0.1, 0.15) is 11.5 Å². The molecule has 0 saturated carbocycles. The number of furan rings is 1. The molecule has 7 heteroatoms. The van der Waals surface area contributed by atoms with Gasteiger partial charge < -0.3 is 9.52 Å². The lowest BCUT2D eigenvalue weighted by molar-refractivity contribution is -0.114. The molecule has 0 radical (unpaired) electrons. The van der Waals surface area contributed by atoms with E-state index in [9.17, 15) is 9.59 Å². The van der Waals surface area contributed by atoms with Crippen molar-refractivity contribution in [2.24, 2.45) is 5.10 Å². The maximum absolute atomic E-state index is 12.9. The molecular formula is C23H17ClN2O4. The molecule has 1 amide bonds. The van der Waals surface area contributed by atoms with Crippen LogP contribution in [0.15, 0.2) is 69.7 Å². The highest BCUT2D eigenvalue weighted by molar-refractivity contribution is 6.33. The molecule has 0 fully saturated rings. The standard InChI is InChI=1S/C23H17ClN2O4/c1-13-3-8-17(11-20(13)24)26-22(27)19(14(2)25-26)12-18-9-10-21(30-18)15-4-6-16(7-5-15)23(28)29/h3-12H,1-2H3,(H,28,29). The number of hydrazone groups is 1. The number of aryl methyl sites for hydroxylation is 1. The van der Waals surface area contributed by atoms with Gasteiger partial charge in [0.25, 0.3) is 5.91 Å². The summed E-state index contributed by atoms with van der Waals surface area (Å²) in [7, 11) is 0. The second-order valence-corrected chi connectivity index (χ2v) is 7.29. The summed E-state index contributed by atoms with van der Waals surface area (Å²) in [6, 6.07) is 15.2. The highest BCUT2D eigenvalue weighted by Crippen LogP contribution is 2.30. The van der Waals surface area contributed by atoms with Crippen LogP contribution in [0.4, 0.5) is 5.69 Å². The van der Waals surface area contributed by atoms with Gasteiger partial charge in [0.05, 0.1) is 22.5 Å². The highest BCUT2D eigenvalue weighted by atomic mass is 35.5. The fourth-order valence-corrected chi connectivity index (χ4v) is 3.25. The first-order chi connectivity index (χ1) is 14.3. The van der Waals surface area contributed by atoms with Crippen LogP contribution in [-0.4, -0.2) is 22.7 Å². The van der Waals surface area contributed by atoms with Crippen molar-refractivity contribution in [1.29, 1.82) is 0 Å². The van der Waals surface area contributed by atoms with Gasteiger partial charge in [-0.05, 0) is 61.9 Å². The molecule has 1 N–H and O–H groups in total. The van der Waals surface area contributed by atoms with Crippen LogP contribution in [0, 0.1) is 6.92 Å². The first-order valence-electron chi connectivity index (χ1n) is 9.15. The van der Waals surface area contributed by atoms with Crippen molar-refractivity contribution in [2.45, 2.75) is 13.8 Å². The van der Waals surface area contributed by atoms with E-state index in [1.807, 2.05) is 13.0 Å². The molecule has 0 saturated heterocycles. The van der Waals surface area contributed by atoms with E-state index in [0.29, 0.717) is 33.5 Å². The molecule has 1 aromatic heterocycles. The maximum atomic E-state index is 12.9. The van der Waals surface area contributed by atoms with Crippen molar-refractivity contribution >= 4 is 41.0 Å². The molecular weight excluding hydrogens is 404 g/mol. The first kappa shape index (κ1) is 19.7. The van der Waals surface area contributed by atoms with Gasteiger partial charge in [-0.15, -0.1) is 0 Å². The zero-order valence-corrected chi connectivity index (χ0v) is 17.0. The number of carbonyl (C=O) groups excluding carboxylic acids is 1. The summed E-state index contributed by atoms with van der Waals surface area (Å²) in [6.45, 7) is 3.65. The number of benzene rings is 2. The van der Waals surface area contributed by atoms with Crippen LogP contribution in [0.1, 0.15) is 28.6 Å². The summed E-state index contributed by atoms with van der Waals surface area (Å²) < 4.78 is 5.83. The Labute approximate surface area is 177 Å². The second kappa shape index (κ2) is 7.65. The molecule has 0 spiro atoms. The van der Waals surface area contributed by atoms with Gasteiger partial charge in [0, 0.05) is 10.6 Å². The Hall–Kier alpha value is -3.64. The Morgan fingerprint density at radius 1 is 1.10 bits per heavy atom. The van der Waals surface area contributed by atoms with Crippen LogP contribution < -0.4 is 5.01 Å². The number of hydrogen-bond donors (Lipinski definition) is 1. The van der Waals surface area contributed by atoms with Crippen LogP contribution in [0.25, 0.3) is 17.4 Å². The van der Waals surface area contributed by atoms with E-state index in [1.165, 1.54) is 17.1 Å². The molecule has 3 aromatic rings. The summed E-state index contributed by atoms with van der Waals surface area (Å²) in [5.74, 6) is -0.188. The van der Waals surface area contributed by atoms with Crippen LogP contribution in [0.5, 0.6) is 0 Å². The Morgan fingerprint density at radius 2 is 1.83 bits per heavy atom. The Morgan fingerprint density at radius 3 is 2.50 bits per heavy atom. The summed E-state index contributed by atoms with van der Waals surface area (Å²) in [5, 5.41) is 15.2. The lowest BCUT2D eigenvalue weighted by atomic mass is 10.1. The van der Waals surface area contributed by atoms with Gasteiger partial charge in [-0.25, -0.2) is 4.79 Å². The normalized spacial score (nSPS) is 15.0. The lowest BCUT2D eigenvalue weighted by Crippen LogP contribution is -2.21. The Kier molecular flexibility index (Phi) is 5.01. The molecule has 0 atom stereocenters. The molecule has 1 aliphatic heterocycles. The van der Waals surface area contributed by atoms with E-state index < -0.39 is 5.97 Å². The fraction of sp³-hybridized carbons (Fsp3) is 0.0870. The molecule has 30 heavy (non-hydrogen) atoms. The van der Waals surface area contributed by atoms with Crippen LogP contribution in [0.2, 0.25) is 5.02 Å². The van der Waals surface area contributed by atoms with Crippen LogP contribution in [-0.2, 0) is 4.79 Å². The molecule has 0 aliphatic carbocycles. The van der Waals surface area contributed by atoms with Gasteiger partial charge in [-0.1, -0.05) is 29.8 Å². The number of halogens is 1. The largest absolute Gasteiger partial charge is 0.478 e. The van der Waals surface area contributed by atoms with Crippen molar-refractivity contribution in [3.63, 3.8) is 0 Å². The molecule has 0 bridgehead atoms. The predicted octanol–water partition coefficient (Wildman–Crippen LogP) is 5.41. The Bertz CT molecular complexity index is 1220. The number of hydrogen-bond acceptors (Lipinski definition) is 4. The number of aromatic carboxylic acids is 1. The van der Waals surface area contributed by atoms with Crippen LogP contribution >= 0.6 is 11.6 Å². The number of carboxylic acids is 1. The van der Waals surface area contributed by atoms with E-state index in [-0.39, 0.29) is 11.5 Å². The second-order valence-electron chi connectivity index (χ2n) is 6.88. The quantitative estimate of drug-likeness (QED) is 0.572. The number of carboxylic acid groups (broad SMARTS) is 1. The number of rotatable bonds is 4. The van der Waals surface area contributed by atoms with Gasteiger partial charge in [0.2, 0.25) is 0 Å². The third-order valence-electron chi connectivity index (χ3n) is 4.79.